The van der Waals surface area contributed by atoms with Gasteiger partial charge in [-0.3, -0.25) is 0 Å². The first-order chi connectivity index (χ1) is 10.2. The molecule has 0 aliphatic rings. The van der Waals surface area contributed by atoms with Crippen LogP contribution in [0.3, 0.4) is 0 Å². The van der Waals surface area contributed by atoms with Crippen LogP contribution in [0.4, 0.5) is 0 Å². The molecular weight excluding hydrogens is 256 g/mol. The fraction of sp³-hybridized carbons (Fsp3) is 0.158. The van der Waals surface area contributed by atoms with Crippen LogP contribution >= 0.6 is 0 Å². The number of H-pyrrole nitrogens is 2. The van der Waals surface area contributed by atoms with Gasteiger partial charge in [-0.2, -0.15) is 0 Å². The largest absolute Gasteiger partial charge is 0.361 e. The average molecular weight is 274 g/mol. The van der Waals surface area contributed by atoms with Gasteiger partial charge in [0.25, 0.3) is 0 Å². The Morgan fingerprint density at radius 3 is 1.67 bits per heavy atom. The lowest BCUT2D eigenvalue weighted by atomic mass is 10.0. The Morgan fingerprint density at radius 2 is 1.19 bits per heavy atom. The van der Waals surface area contributed by atoms with Crippen molar-refractivity contribution in [3.05, 3.63) is 71.0 Å². The van der Waals surface area contributed by atoms with Crippen LogP contribution in [-0.2, 0) is 6.42 Å². The molecule has 4 aromatic rings. The molecule has 4 rings (SSSR count). The summed E-state index contributed by atoms with van der Waals surface area (Å²) in [6.07, 6.45) is 5.23. The maximum Gasteiger partial charge on any atom is 0.0457 e. The van der Waals surface area contributed by atoms with Gasteiger partial charge in [0, 0.05) is 40.6 Å². The van der Waals surface area contributed by atoms with E-state index in [4.69, 9.17) is 0 Å². The van der Waals surface area contributed by atoms with E-state index in [1.165, 1.54) is 44.1 Å². The van der Waals surface area contributed by atoms with Crippen LogP contribution in [0.2, 0.25) is 0 Å². The van der Waals surface area contributed by atoms with Gasteiger partial charge in [-0.25, -0.2) is 0 Å². The van der Waals surface area contributed by atoms with Gasteiger partial charge >= 0.3 is 0 Å². The average Bonchev–Trinajstić information content (AvgIpc) is 3.04. The van der Waals surface area contributed by atoms with Crippen molar-refractivity contribution < 1.29 is 0 Å². The van der Waals surface area contributed by atoms with E-state index in [2.05, 4.69) is 72.6 Å². The zero-order valence-corrected chi connectivity index (χ0v) is 12.3. The van der Waals surface area contributed by atoms with Crippen LogP contribution in [0.15, 0.2) is 48.8 Å². The quantitative estimate of drug-likeness (QED) is 0.523. The minimum absolute atomic E-state index is 0.951. The zero-order chi connectivity index (χ0) is 14.4. The lowest BCUT2D eigenvalue weighted by Gasteiger charge is -2.01. The summed E-state index contributed by atoms with van der Waals surface area (Å²) in [5.41, 5.74) is 7.75. The molecule has 2 nitrogen and oxygen atoms in total. The van der Waals surface area contributed by atoms with Crippen molar-refractivity contribution in [2.24, 2.45) is 0 Å². The van der Waals surface area contributed by atoms with Crippen molar-refractivity contribution in [3.8, 4) is 0 Å². The van der Waals surface area contributed by atoms with Crippen LogP contribution in [0.1, 0.15) is 22.3 Å². The molecule has 0 bridgehead atoms. The van der Waals surface area contributed by atoms with Gasteiger partial charge in [0.05, 0.1) is 0 Å². The molecule has 0 fully saturated rings. The normalized spacial score (nSPS) is 11.5. The zero-order valence-electron chi connectivity index (χ0n) is 12.3. The monoisotopic (exact) mass is 274 g/mol. The summed E-state index contributed by atoms with van der Waals surface area (Å²) >= 11 is 0. The molecule has 104 valence electrons. The Morgan fingerprint density at radius 1 is 0.714 bits per heavy atom. The fourth-order valence-electron chi connectivity index (χ4n) is 3.08. The topological polar surface area (TPSA) is 31.6 Å². The van der Waals surface area contributed by atoms with Gasteiger partial charge in [-0.05, 0) is 49.2 Å². The molecule has 0 amide bonds. The van der Waals surface area contributed by atoms with E-state index in [1.807, 2.05) is 0 Å². The first kappa shape index (κ1) is 12.3. The highest BCUT2D eigenvalue weighted by Gasteiger charge is 2.09. The SMILES string of the molecule is Cc1ccc2[nH]cc(Cc3c[nH]c4ccc(C)cc34)c2c1. The smallest absolute Gasteiger partial charge is 0.0457 e. The summed E-state index contributed by atoms with van der Waals surface area (Å²) in [4.78, 5) is 6.75. The summed E-state index contributed by atoms with van der Waals surface area (Å²) in [6, 6.07) is 13.2. The standard InChI is InChI=1S/C19H18N2/c1-12-3-5-18-16(7-12)14(10-20-18)9-15-11-21-19-6-4-13(2)8-17(15)19/h3-8,10-11,20-21H,9H2,1-2H3. The van der Waals surface area contributed by atoms with Crippen molar-refractivity contribution in [3.63, 3.8) is 0 Å². The van der Waals surface area contributed by atoms with E-state index in [9.17, 15) is 0 Å². The van der Waals surface area contributed by atoms with Gasteiger partial charge in [0.2, 0.25) is 0 Å². The van der Waals surface area contributed by atoms with Gasteiger partial charge in [0.15, 0.2) is 0 Å². The highest BCUT2D eigenvalue weighted by Crippen LogP contribution is 2.26. The Kier molecular flexibility index (Phi) is 2.64. The molecule has 0 saturated heterocycles. The number of aromatic nitrogens is 2. The minimum Gasteiger partial charge on any atom is -0.361 e. The number of hydrogen-bond donors (Lipinski definition) is 2. The fourth-order valence-corrected chi connectivity index (χ4v) is 3.08. The van der Waals surface area contributed by atoms with Gasteiger partial charge in [-0.1, -0.05) is 23.3 Å². The summed E-state index contributed by atoms with van der Waals surface area (Å²) in [5, 5.41) is 2.66. The predicted octanol–water partition coefficient (Wildman–Crippen LogP) is 4.86. The molecule has 0 atom stereocenters. The Balaban J connectivity index is 1.82. The molecule has 2 aromatic heterocycles. The molecule has 0 radical (unpaired) electrons. The molecule has 0 spiro atoms. The van der Waals surface area contributed by atoms with Crippen molar-refractivity contribution in [1.29, 1.82) is 0 Å². The lowest BCUT2D eigenvalue weighted by Crippen LogP contribution is -1.85. The molecule has 0 saturated carbocycles. The van der Waals surface area contributed by atoms with Gasteiger partial charge in [0.1, 0.15) is 0 Å². The van der Waals surface area contributed by atoms with E-state index in [0.29, 0.717) is 0 Å². The van der Waals surface area contributed by atoms with Crippen molar-refractivity contribution >= 4 is 21.8 Å². The third-order valence-corrected chi connectivity index (χ3v) is 4.23. The van der Waals surface area contributed by atoms with Crippen LogP contribution in [0.25, 0.3) is 21.8 Å². The molecule has 0 unspecified atom stereocenters. The maximum atomic E-state index is 3.38. The van der Waals surface area contributed by atoms with E-state index in [-0.39, 0.29) is 0 Å². The third-order valence-electron chi connectivity index (χ3n) is 4.23. The first-order valence-corrected chi connectivity index (χ1v) is 7.34. The molecule has 2 N–H and O–H groups in total. The van der Waals surface area contributed by atoms with Crippen molar-refractivity contribution in [2.75, 3.05) is 0 Å². The maximum absolute atomic E-state index is 3.38. The molecule has 2 aromatic carbocycles. The summed E-state index contributed by atoms with van der Waals surface area (Å²) in [5.74, 6) is 0. The van der Waals surface area contributed by atoms with Crippen molar-refractivity contribution in [1.82, 2.24) is 9.97 Å². The first-order valence-electron chi connectivity index (χ1n) is 7.34. The van der Waals surface area contributed by atoms with Gasteiger partial charge in [-0.15, -0.1) is 0 Å². The number of benzene rings is 2. The second-order valence-electron chi connectivity index (χ2n) is 5.90. The number of fused-ring (bicyclic) bond motifs is 2. The Bertz CT molecular complexity index is 863. The second-order valence-corrected chi connectivity index (χ2v) is 5.90. The van der Waals surface area contributed by atoms with Crippen LogP contribution in [0, 0.1) is 13.8 Å². The van der Waals surface area contributed by atoms with Gasteiger partial charge < -0.3 is 9.97 Å². The van der Waals surface area contributed by atoms with E-state index < -0.39 is 0 Å². The minimum atomic E-state index is 0.951. The molecule has 21 heavy (non-hydrogen) atoms. The summed E-state index contributed by atoms with van der Waals surface area (Å²) < 4.78 is 0. The lowest BCUT2D eigenvalue weighted by molar-refractivity contribution is 1.22. The number of rotatable bonds is 2. The number of aryl methyl sites for hydroxylation is 2. The van der Waals surface area contributed by atoms with Crippen LogP contribution < -0.4 is 0 Å². The molecular formula is C19H18N2. The highest BCUT2D eigenvalue weighted by molar-refractivity contribution is 5.87. The highest BCUT2D eigenvalue weighted by atomic mass is 14.7. The number of aromatic amines is 2. The van der Waals surface area contributed by atoms with E-state index in [1.54, 1.807) is 0 Å². The summed E-state index contributed by atoms with van der Waals surface area (Å²) in [6.45, 7) is 4.29. The Labute approximate surface area is 123 Å². The molecule has 0 aliphatic carbocycles. The predicted molar refractivity (Wildman–Crippen MR) is 88.9 cm³/mol. The molecule has 2 heterocycles. The summed E-state index contributed by atoms with van der Waals surface area (Å²) in [7, 11) is 0. The number of hydrogen-bond acceptors (Lipinski definition) is 0. The van der Waals surface area contributed by atoms with Crippen molar-refractivity contribution in [2.45, 2.75) is 20.3 Å². The second kappa shape index (κ2) is 4.52. The third kappa shape index (κ3) is 2.04. The van der Waals surface area contributed by atoms with E-state index in [0.717, 1.165) is 6.42 Å². The van der Waals surface area contributed by atoms with Crippen LogP contribution in [-0.4, -0.2) is 9.97 Å². The molecule has 2 heteroatoms. The molecule has 0 aliphatic heterocycles. The van der Waals surface area contributed by atoms with E-state index >= 15 is 0 Å². The van der Waals surface area contributed by atoms with Crippen LogP contribution in [0.5, 0.6) is 0 Å². The Hall–Kier alpha value is -2.48. The number of nitrogens with one attached hydrogen (secondary N) is 2.